The number of carbonyl (C=O) groups excluding carboxylic acids is 2. The third-order valence-electron chi connectivity index (χ3n) is 5.98. The zero-order chi connectivity index (χ0) is 29.0. The number of hydrogen-bond donors (Lipinski definition) is 2. The maximum absolute atomic E-state index is 15.4. The lowest BCUT2D eigenvalue weighted by atomic mass is 10.1. The number of ether oxygens (including phenoxy) is 1. The first-order valence-electron chi connectivity index (χ1n) is 12.0. The maximum atomic E-state index is 15.4. The van der Waals surface area contributed by atoms with Crippen LogP contribution >= 0.6 is 11.6 Å². The van der Waals surface area contributed by atoms with Gasteiger partial charge < -0.3 is 15.2 Å². The zero-order valence-electron chi connectivity index (χ0n) is 21.1. The van der Waals surface area contributed by atoms with E-state index in [2.05, 4.69) is 10.3 Å². The van der Waals surface area contributed by atoms with Gasteiger partial charge in [0.2, 0.25) is 0 Å². The first-order valence-corrected chi connectivity index (χ1v) is 12.3. The summed E-state index contributed by atoms with van der Waals surface area (Å²) < 4.78 is 61.5. The van der Waals surface area contributed by atoms with Crippen molar-refractivity contribution in [3.05, 3.63) is 76.8 Å². The number of urea groups is 1. The second-order valence-corrected chi connectivity index (χ2v) is 9.13. The normalized spacial score (nSPS) is 14.4. The summed E-state index contributed by atoms with van der Waals surface area (Å²) in [7, 11) is 1.45. The van der Waals surface area contributed by atoms with Crippen LogP contribution in [-0.4, -0.2) is 60.5 Å². The Morgan fingerprint density at radius 3 is 2.50 bits per heavy atom. The molecule has 2 aromatic carbocycles. The van der Waals surface area contributed by atoms with E-state index in [0.29, 0.717) is 6.42 Å². The van der Waals surface area contributed by atoms with E-state index in [1.54, 1.807) is 4.90 Å². The Morgan fingerprint density at radius 2 is 1.82 bits per heavy atom. The number of aliphatic hydroxyl groups excluding tert-OH is 1. The molecule has 4 rings (SSSR count). The van der Waals surface area contributed by atoms with Crippen molar-refractivity contribution in [2.45, 2.75) is 12.6 Å². The molecular weight excluding hydrogens is 558 g/mol. The Morgan fingerprint density at radius 1 is 1.10 bits per heavy atom. The van der Waals surface area contributed by atoms with Crippen LogP contribution in [0, 0.1) is 5.82 Å². The van der Waals surface area contributed by atoms with Gasteiger partial charge in [0, 0.05) is 44.2 Å². The van der Waals surface area contributed by atoms with Crippen molar-refractivity contribution in [2.24, 2.45) is 0 Å². The van der Waals surface area contributed by atoms with Gasteiger partial charge in [0.05, 0.1) is 29.6 Å². The topological polar surface area (TPSA) is 98.2 Å². The summed E-state index contributed by atoms with van der Waals surface area (Å²) in [5.74, 6) is -0.975. The number of carbonyl (C=O) groups is 2. The molecule has 2 N–H and O–H groups in total. The number of benzene rings is 2. The fourth-order valence-corrected chi connectivity index (χ4v) is 4.27. The van der Waals surface area contributed by atoms with Crippen LogP contribution in [0.5, 0.6) is 11.5 Å². The number of aliphatic hydroxyl groups is 1. The van der Waals surface area contributed by atoms with E-state index in [0.717, 1.165) is 28.0 Å². The highest BCUT2D eigenvalue weighted by Crippen LogP contribution is 2.38. The van der Waals surface area contributed by atoms with Gasteiger partial charge in [-0.15, -0.1) is 0 Å². The molecule has 3 aromatic rings. The summed E-state index contributed by atoms with van der Waals surface area (Å²) in [6.07, 6.45) is -3.07. The van der Waals surface area contributed by atoms with E-state index in [-0.39, 0.29) is 55.1 Å². The molecule has 0 atom stereocenters. The molecule has 1 saturated heterocycles. The van der Waals surface area contributed by atoms with Gasteiger partial charge in [0.25, 0.3) is 5.91 Å². The third-order valence-corrected chi connectivity index (χ3v) is 6.31. The predicted octanol–water partition coefficient (Wildman–Crippen LogP) is 5.09. The van der Waals surface area contributed by atoms with E-state index in [9.17, 15) is 27.9 Å². The number of rotatable bonds is 8. The lowest BCUT2D eigenvalue weighted by Crippen LogP contribution is -2.59. The maximum Gasteiger partial charge on any atom is 0.417 e. The number of hydrogen-bond acceptors (Lipinski definition) is 6. The first-order chi connectivity index (χ1) is 19.0. The van der Waals surface area contributed by atoms with Crippen molar-refractivity contribution < 1.29 is 37.0 Å². The Labute approximate surface area is 231 Å². The summed E-state index contributed by atoms with van der Waals surface area (Å²) in [6, 6.07) is 8.94. The highest BCUT2D eigenvalue weighted by atomic mass is 35.5. The highest BCUT2D eigenvalue weighted by Gasteiger charge is 2.37. The fraction of sp³-hybridized carbons (Fsp3) is 0.269. The van der Waals surface area contributed by atoms with E-state index >= 15 is 4.39 Å². The number of pyridine rings is 1. The number of alkyl halides is 3. The molecule has 0 radical (unpaired) electrons. The summed E-state index contributed by atoms with van der Waals surface area (Å²) in [6.45, 7) is -0.0333. The molecule has 1 aliphatic heterocycles. The molecule has 3 amide bonds. The smallest absolute Gasteiger partial charge is 0.417 e. The number of aromatic nitrogens is 1. The molecule has 1 aliphatic rings. The van der Waals surface area contributed by atoms with Gasteiger partial charge in [-0.1, -0.05) is 11.6 Å². The molecule has 0 spiro atoms. The van der Waals surface area contributed by atoms with Crippen molar-refractivity contribution in [1.29, 1.82) is 0 Å². The molecule has 2 heterocycles. The van der Waals surface area contributed by atoms with Crippen molar-refractivity contribution >= 4 is 34.9 Å². The van der Waals surface area contributed by atoms with Crippen molar-refractivity contribution in [3.8, 4) is 11.5 Å². The Hall–Kier alpha value is -3.94. The van der Waals surface area contributed by atoms with Crippen LogP contribution in [0.4, 0.5) is 33.7 Å². The van der Waals surface area contributed by atoms with E-state index in [4.69, 9.17) is 16.3 Å². The molecule has 0 unspecified atom stereocenters. The quantitative estimate of drug-likeness (QED) is 0.360. The second-order valence-electron chi connectivity index (χ2n) is 8.73. The van der Waals surface area contributed by atoms with Crippen LogP contribution in [0.25, 0.3) is 0 Å². The van der Waals surface area contributed by atoms with Crippen LogP contribution in [0.1, 0.15) is 22.5 Å². The van der Waals surface area contributed by atoms with Gasteiger partial charge in [0.15, 0.2) is 5.82 Å². The zero-order valence-corrected chi connectivity index (χ0v) is 21.8. The Kier molecular flexibility index (Phi) is 8.76. The van der Waals surface area contributed by atoms with E-state index in [1.165, 1.54) is 43.6 Å². The van der Waals surface area contributed by atoms with Crippen molar-refractivity contribution in [3.63, 3.8) is 0 Å². The molecule has 9 nitrogen and oxygen atoms in total. The first kappa shape index (κ1) is 29.1. The molecular formula is C26H24ClF4N5O4. The summed E-state index contributed by atoms with van der Waals surface area (Å²) in [5.41, 5.74) is -1.23. The van der Waals surface area contributed by atoms with Gasteiger partial charge in [-0.3, -0.25) is 24.5 Å². The molecule has 0 bridgehead atoms. The SMILES string of the molecule is CNC(=O)c1cc(Oc2ccc(N3CN(CCCO)CN(c4ccc(Cl)c(C(F)(F)F)c4)C3=O)c(F)c2)ccn1. The number of amides is 3. The Bertz CT molecular complexity index is 1410. The number of nitrogens with one attached hydrogen (secondary N) is 1. The summed E-state index contributed by atoms with van der Waals surface area (Å²) in [4.78, 5) is 33.1. The molecule has 0 saturated carbocycles. The van der Waals surface area contributed by atoms with Crippen molar-refractivity contribution in [2.75, 3.05) is 43.3 Å². The average Bonchev–Trinajstić information content (AvgIpc) is 2.92. The minimum atomic E-state index is -4.75. The Balaban J connectivity index is 1.63. The number of anilines is 2. The van der Waals surface area contributed by atoms with Gasteiger partial charge in [-0.05, 0) is 42.8 Å². The van der Waals surface area contributed by atoms with Gasteiger partial charge >= 0.3 is 12.2 Å². The minimum absolute atomic E-state index is 0.0706. The van der Waals surface area contributed by atoms with Crippen LogP contribution in [0.2, 0.25) is 5.02 Å². The lowest BCUT2D eigenvalue weighted by molar-refractivity contribution is -0.137. The average molecular weight is 582 g/mol. The van der Waals surface area contributed by atoms with E-state index < -0.39 is 34.5 Å². The standard InChI is InChI=1S/C26H24ClF4N5O4/c1-32-24(38)22-13-18(7-8-33-22)40-17-4-6-23(21(28)12-17)36-15-34(9-2-10-37)14-35(25(36)39)16-3-5-20(27)19(11-16)26(29,30)31/h3-8,11-13,37H,2,9-10,14-15H2,1H3,(H,32,38). The minimum Gasteiger partial charge on any atom is -0.457 e. The molecule has 1 fully saturated rings. The lowest BCUT2D eigenvalue weighted by Gasteiger charge is -2.42. The van der Waals surface area contributed by atoms with Crippen LogP contribution in [0.15, 0.2) is 54.7 Å². The van der Waals surface area contributed by atoms with Gasteiger partial charge in [0.1, 0.15) is 17.2 Å². The van der Waals surface area contributed by atoms with Crippen molar-refractivity contribution in [1.82, 2.24) is 15.2 Å². The predicted molar refractivity (Wildman–Crippen MR) is 139 cm³/mol. The van der Waals surface area contributed by atoms with E-state index in [1.807, 2.05) is 0 Å². The molecule has 212 valence electrons. The third kappa shape index (κ3) is 6.43. The van der Waals surface area contributed by atoms with Crippen LogP contribution in [0.3, 0.4) is 0 Å². The van der Waals surface area contributed by atoms with Gasteiger partial charge in [-0.25, -0.2) is 9.18 Å². The second kappa shape index (κ2) is 12.1. The summed E-state index contributed by atoms with van der Waals surface area (Å²) >= 11 is 5.75. The summed E-state index contributed by atoms with van der Waals surface area (Å²) in [5, 5.41) is 11.2. The number of nitrogens with zero attached hydrogens (tertiary/aromatic N) is 4. The monoisotopic (exact) mass is 581 g/mol. The molecule has 40 heavy (non-hydrogen) atoms. The largest absolute Gasteiger partial charge is 0.457 e. The van der Waals surface area contributed by atoms with Crippen LogP contribution < -0.4 is 19.9 Å². The molecule has 14 heteroatoms. The fourth-order valence-electron chi connectivity index (χ4n) is 4.05. The number of halogens is 5. The van der Waals surface area contributed by atoms with Gasteiger partial charge in [-0.2, -0.15) is 13.2 Å². The molecule has 1 aromatic heterocycles. The van der Waals surface area contributed by atoms with Crippen LogP contribution in [-0.2, 0) is 6.18 Å². The highest BCUT2D eigenvalue weighted by molar-refractivity contribution is 6.31. The molecule has 0 aliphatic carbocycles.